The van der Waals surface area contributed by atoms with Gasteiger partial charge in [0.05, 0.1) is 12.2 Å². The predicted octanol–water partition coefficient (Wildman–Crippen LogP) is 6.91. The summed E-state index contributed by atoms with van der Waals surface area (Å²) >= 11 is -0.743. The van der Waals surface area contributed by atoms with E-state index in [1.165, 1.54) is 37.7 Å². The van der Waals surface area contributed by atoms with Gasteiger partial charge in [-0.3, -0.25) is 9.59 Å². The summed E-state index contributed by atoms with van der Waals surface area (Å²) in [7, 11) is 0. The van der Waals surface area contributed by atoms with Crippen molar-refractivity contribution in [2.75, 3.05) is 12.5 Å². The number of ether oxygens (including phenoxy) is 4. The molecule has 2 atom stereocenters. The Morgan fingerprint density at radius 3 is 1.97 bits per heavy atom. The van der Waals surface area contributed by atoms with Crippen LogP contribution in [-0.4, -0.2) is 46.5 Å². The van der Waals surface area contributed by atoms with Crippen LogP contribution < -0.4 is 9.47 Å². The highest BCUT2D eigenvalue weighted by Crippen LogP contribution is 2.33. The lowest BCUT2D eigenvalue weighted by atomic mass is 10.1. The second-order valence-electron chi connectivity index (χ2n) is 10.3. The summed E-state index contributed by atoms with van der Waals surface area (Å²) in [4.78, 5) is 22.3. The minimum absolute atomic E-state index is 0.0709. The van der Waals surface area contributed by atoms with Gasteiger partial charge in [0.2, 0.25) is 6.79 Å². The summed E-state index contributed by atoms with van der Waals surface area (Å²) in [6.45, 7) is 11.9. The molecule has 218 valence electrons. The highest BCUT2D eigenvalue weighted by atomic mass is 32.2. The average Bonchev–Trinajstić information content (AvgIpc) is 3.31. The molecule has 0 saturated carbocycles. The van der Waals surface area contributed by atoms with Crippen LogP contribution in [0.5, 0.6) is 11.5 Å². The van der Waals surface area contributed by atoms with Crippen LogP contribution in [0.4, 0.5) is 0 Å². The number of hydrogen-bond donors (Lipinski definition) is 0. The van der Waals surface area contributed by atoms with Crippen LogP contribution in [0.3, 0.4) is 0 Å². The maximum absolute atomic E-state index is 12.3. The zero-order valence-corrected chi connectivity index (χ0v) is 25.2. The molecule has 1 aliphatic rings. The summed E-state index contributed by atoms with van der Waals surface area (Å²) < 4.78 is 33.0. The summed E-state index contributed by atoms with van der Waals surface area (Å²) in [5.74, 6) is 2.05. The zero-order chi connectivity index (χ0) is 28.3. The third kappa shape index (κ3) is 16.1. The van der Waals surface area contributed by atoms with Gasteiger partial charge < -0.3 is 23.5 Å². The molecule has 1 heterocycles. The molecule has 0 aromatic heterocycles. The number of carbonyl (C=O) groups is 2. The fraction of sp³-hybridized carbons (Fsp3) is 0.733. The lowest BCUT2D eigenvalue weighted by Crippen LogP contribution is -2.23. The van der Waals surface area contributed by atoms with Crippen LogP contribution in [0.1, 0.15) is 111 Å². The quantitative estimate of drug-likeness (QED) is 0.117. The minimum Gasteiger partial charge on any atom is -0.616 e. The third-order valence-electron chi connectivity index (χ3n) is 5.85. The molecule has 2 rings (SSSR count). The molecule has 1 aromatic rings. The van der Waals surface area contributed by atoms with Gasteiger partial charge in [-0.1, -0.05) is 49.8 Å². The van der Waals surface area contributed by atoms with Gasteiger partial charge >= 0.3 is 11.9 Å². The highest BCUT2D eigenvalue weighted by Gasteiger charge is 2.19. The van der Waals surface area contributed by atoms with Gasteiger partial charge in [0, 0.05) is 19.3 Å². The number of carbonyl (C=O) groups excluding carboxylic acids is 2. The van der Waals surface area contributed by atoms with Gasteiger partial charge in [-0.15, -0.1) is 0 Å². The van der Waals surface area contributed by atoms with Gasteiger partial charge in [0.15, 0.2) is 11.5 Å². The van der Waals surface area contributed by atoms with E-state index in [4.69, 9.17) is 18.9 Å². The maximum atomic E-state index is 12.3. The van der Waals surface area contributed by atoms with E-state index in [0.717, 1.165) is 30.1 Å². The number of rotatable bonds is 17. The van der Waals surface area contributed by atoms with Crippen LogP contribution in [0.2, 0.25) is 0 Å². The molecule has 0 amide bonds. The Bertz CT molecular complexity index is 773. The van der Waals surface area contributed by atoms with Crippen molar-refractivity contribution in [2.24, 2.45) is 0 Å². The van der Waals surface area contributed by atoms with Crippen molar-refractivity contribution in [3.63, 3.8) is 0 Å². The van der Waals surface area contributed by atoms with Crippen LogP contribution >= 0.6 is 0 Å². The molecule has 8 heteroatoms. The summed E-state index contributed by atoms with van der Waals surface area (Å²) in [6, 6.07) is 6.01. The zero-order valence-electron chi connectivity index (χ0n) is 24.4. The van der Waals surface area contributed by atoms with Crippen molar-refractivity contribution in [3.05, 3.63) is 23.8 Å². The van der Waals surface area contributed by atoms with Crippen LogP contribution in [0.25, 0.3) is 0 Å². The first kappa shape index (κ1) is 34.1. The Hall–Kier alpha value is -1.93. The van der Waals surface area contributed by atoms with E-state index < -0.39 is 11.2 Å². The standard InChI is InChI=1S/C18H28O3S.C12H22O4/c1-3-4-5-6-7-8-11-22(19)15(2)12-16-9-10-17-18(13-16)21-14-20-17;1-9(2)15-11(13)7-5-6-8-12(14)16-10(3)4/h9-10,13,15H,3-8,11-12,14H2,1-2H3;9-10H,5-8H2,1-4H3. The van der Waals surface area contributed by atoms with Crippen molar-refractivity contribution in [1.82, 2.24) is 0 Å². The smallest absolute Gasteiger partial charge is 0.306 e. The second kappa shape index (κ2) is 20.0. The Morgan fingerprint density at radius 1 is 0.842 bits per heavy atom. The maximum Gasteiger partial charge on any atom is 0.306 e. The summed E-state index contributed by atoms with van der Waals surface area (Å²) in [5, 5.41) is 0.191. The Kier molecular flexibility index (Phi) is 18.0. The molecule has 38 heavy (non-hydrogen) atoms. The van der Waals surface area contributed by atoms with Crippen LogP contribution in [0.15, 0.2) is 18.2 Å². The Morgan fingerprint density at radius 2 is 1.39 bits per heavy atom. The predicted molar refractivity (Wildman–Crippen MR) is 153 cm³/mol. The van der Waals surface area contributed by atoms with Crippen molar-refractivity contribution in [2.45, 2.75) is 130 Å². The Balaban J connectivity index is 0.000000403. The first-order chi connectivity index (χ1) is 18.1. The van der Waals surface area contributed by atoms with Gasteiger partial charge in [-0.25, -0.2) is 0 Å². The molecule has 1 aromatic carbocycles. The lowest BCUT2D eigenvalue weighted by molar-refractivity contribution is -0.149. The van der Waals surface area contributed by atoms with E-state index in [2.05, 4.69) is 13.8 Å². The van der Waals surface area contributed by atoms with Gasteiger partial charge in [-0.2, -0.15) is 0 Å². The SMILES string of the molecule is CC(C)OC(=O)CCCCC(=O)OC(C)C.CCCCCCCC[S+]([O-])C(C)Cc1ccc2c(c1)OCO2. The lowest BCUT2D eigenvalue weighted by Gasteiger charge is -2.18. The van der Waals surface area contributed by atoms with Crippen molar-refractivity contribution >= 4 is 23.1 Å². The molecule has 0 saturated heterocycles. The number of esters is 2. The second-order valence-corrected chi connectivity index (χ2v) is 12.3. The first-order valence-electron chi connectivity index (χ1n) is 14.3. The molecule has 1 aliphatic heterocycles. The topological polar surface area (TPSA) is 94.1 Å². The molecule has 0 N–H and O–H groups in total. The van der Waals surface area contributed by atoms with E-state index >= 15 is 0 Å². The molecule has 2 unspecified atom stereocenters. The van der Waals surface area contributed by atoms with E-state index in [-0.39, 0.29) is 29.4 Å². The number of fused-ring (bicyclic) bond motifs is 1. The monoisotopic (exact) mass is 554 g/mol. The summed E-state index contributed by atoms with van der Waals surface area (Å²) in [6.07, 6.45) is 10.2. The normalized spacial score (nSPS) is 13.6. The van der Waals surface area contributed by atoms with E-state index in [9.17, 15) is 14.1 Å². The molecule has 0 bridgehead atoms. The molecule has 7 nitrogen and oxygen atoms in total. The fourth-order valence-corrected chi connectivity index (χ4v) is 5.17. The van der Waals surface area contributed by atoms with Crippen molar-refractivity contribution < 1.29 is 33.1 Å². The molecule has 0 spiro atoms. The summed E-state index contributed by atoms with van der Waals surface area (Å²) in [5.41, 5.74) is 1.17. The van der Waals surface area contributed by atoms with Gasteiger partial charge in [0.25, 0.3) is 0 Å². The molecular weight excluding hydrogens is 504 g/mol. The van der Waals surface area contributed by atoms with Crippen molar-refractivity contribution in [1.29, 1.82) is 0 Å². The molecule has 0 aliphatic carbocycles. The first-order valence-corrected chi connectivity index (χ1v) is 15.6. The van der Waals surface area contributed by atoms with Gasteiger partial charge in [-0.05, 0) is 78.0 Å². The van der Waals surface area contributed by atoms with E-state index in [0.29, 0.717) is 32.5 Å². The number of benzene rings is 1. The fourth-order valence-electron chi connectivity index (χ4n) is 3.90. The average molecular weight is 555 g/mol. The minimum atomic E-state index is -0.743. The number of unbranched alkanes of at least 4 members (excludes halogenated alkanes) is 6. The Labute approximate surface area is 233 Å². The highest BCUT2D eigenvalue weighted by molar-refractivity contribution is 7.91. The van der Waals surface area contributed by atoms with Crippen molar-refractivity contribution in [3.8, 4) is 11.5 Å². The molecule has 0 fully saturated rings. The third-order valence-corrected chi connectivity index (χ3v) is 7.61. The van der Waals surface area contributed by atoms with E-state index in [1.54, 1.807) is 0 Å². The van der Waals surface area contributed by atoms with Crippen LogP contribution in [-0.2, 0) is 36.7 Å². The molecule has 0 radical (unpaired) electrons. The van der Waals surface area contributed by atoms with Crippen LogP contribution in [0, 0.1) is 0 Å². The molecular formula is C30H50O7S. The van der Waals surface area contributed by atoms with Gasteiger partial charge in [0.1, 0.15) is 11.0 Å². The largest absolute Gasteiger partial charge is 0.616 e. The van der Waals surface area contributed by atoms with E-state index in [1.807, 2.05) is 45.9 Å². The number of hydrogen-bond acceptors (Lipinski definition) is 7.